The highest BCUT2D eigenvalue weighted by Gasteiger charge is 2.25. The number of hydrogen-bond acceptors (Lipinski definition) is 4. The number of piperazine rings is 1. The van der Waals surface area contributed by atoms with Gasteiger partial charge in [0.2, 0.25) is 0 Å². The third kappa shape index (κ3) is 4.45. The summed E-state index contributed by atoms with van der Waals surface area (Å²) in [5.74, 6) is 0.154. The maximum atomic E-state index is 12.7. The van der Waals surface area contributed by atoms with Crippen molar-refractivity contribution in [2.24, 2.45) is 0 Å². The first-order valence-electron chi connectivity index (χ1n) is 10.0. The molecule has 0 radical (unpaired) electrons. The number of para-hydroxylation sites is 2. The van der Waals surface area contributed by atoms with Crippen molar-refractivity contribution in [1.29, 1.82) is 0 Å². The number of nitrogens with zero attached hydrogens (tertiary/aromatic N) is 2. The van der Waals surface area contributed by atoms with Gasteiger partial charge in [-0.05, 0) is 49.6 Å². The molecule has 1 saturated carbocycles. The molecule has 1 saturated heterocycles. The highest BCUT2D eigenvalue weighted by Crippen LogP contribution is 2.27. The highest BCUT2D eigenvalue weighted by molar-refractivity contribution is 5.97. The summed E-state index contributed by atoms with van der Waals surface area (Å²) in [7, 11) is 0. The van der Waals surface area contributed by atoms with E-state index in [1.807, 2.05) is 25.1 Å². The van der Waals surface area contributed by atoms with Crippen LogP contribution in [0.3, 0.4) is 0 Å². The van der Waals surface area contributed by atoms with Crippen LogP contribution in [-0.4, -0.2) is 54.2 Å². The maximum absolute atomic E-state index is 12.7. The Labute approximate surface area is 170 Å². The van der Waals surface area contributed by atoms with Gasteiger partial charge in [-0.25, -0.2) is 4.79 Å². The summed E-state index contributed by atoms with van der Waals surface area (Å²) in [4.78, 5) is 28.9. The number of carbonyl (C=O) groups is 2. The number of hydrogen-bond donors (Lipinski definition) is 3. The fourth-order valence-electron chi connectivity index (χ4n) is 3.47. The van der Waals surface area contributed by atoms with Crippen molar-refractivity contribution in [2.75, 3.05) is 36.4 Å². The van der Waals surface area contributed by atoms with Crippen LogP contribution in [0.25, 0.3) is 0 Å². The molecule has 3 N–H and O–H groups in total. The smallest absolute Gasteiger partial charge is 0.321 e. The number of benzene rings is 2. The van der Waals surface area contributed by atoms with Gasteiger partial charge in [0.15, 0.2) is 0 Å². The van der Waals surface area contributed by atoms with Gasteiger partial charge in [-0.15, -0.1) is 0 Å². The molecule has 152 valence electrons. The van der Waals surface area contributed by atoms with Gasteiger partial charge in [-0.3, -0.25) is 4.79 Å². The molecule has 0 unspecified atom stereocenters. The lowest BCUT2D eigenvalue weighted by Gasteiger charge is -2.36. The number of phenols is 1. The number of carbonyl (C=O) groups excluding carboxylic acids is 2. The molecule has 4 rings (SSSR count). The number of aromatic hydroxyl groups is 1. The maximum Gasteiger partial charge on any atom is 0.321 e. The minimum Gasteiger partial charge on any atom is -0.506 e. The molecule has 0 bridgehead atoms. The molecule has 1 heterocycles. The topological polar surface area (TPSA) is 84.9 Å². The van der Waals surface area contributed by atoms with Gasteiger partial charge in [0.25, 0.3) is 5.91 Å². The van der Waals surface area contributed by atoms with Crippen molar-refractivity contribution in [2.45, 2.75) is 25.8 Å². The molecular formula is C22H26N4O3. The zero-order valence-electron chi connectivity index (χ0n) is 16.5. The van der Waals surface area contributed by atoms with E-state index in [1.165, 1.54) is 0 Å². The molecule has 2 aromatic carbocycles. The summed E-state index contributed by atoms with van der Waals surface area (Å²) in [6.45, 7) is 4.32. The molecule has 0 spiro atoms. The molecule has 7 nitrogen and oxygen atoms in total. The molecule has 2 aromatic rings. The van der Waals surface area contributed by atoms with Crippen LogP contribution in [0.5, 0.6) is 5.75 Å². The second kappa shape index (κ2) is 8.03. The first-order chi connectivity index (χ1) is 14.0. The number of anilines is 2. The molecule has 29 heavy (non-hydrogen) atoms. The Morgan fingerprint density at radius 3 is 2.45 bits per heavy atom. The van der Waals surface area contributed by atoms with E-state index in [2.05, 4.69) is 15.5 Å². The van der Waals surface area contributed by atoms with E-state index in [-0.39, 0.29) is 17.7 Å². The molecule has 1 aliphatic heterocycles. The van der Waals surface area contributed by atoms with Crippen LogP contribution in [-0.2, 0) is 0 Å². The lowest BCUT2D eigenvalue weighted by Crippen LogP contribution is -2.50. The van der Waals surface area contributed by atoms with Crippen molar-refractivity contribution < 1.29 is 14.7 Å². The van der Waals surface area contributed by atoms with Gasteiger partial charge in [0.05, 0.1) is 5.69 Å². The number of amides is 3. The molecule has 0 atom stereocenters. The highest BCUT2D eigenvalue weighted by atomic mass is 16.3. The third-order valence-corrected chi connectivity index (χ3v) is 5.44. The zero-order valence-corrected chi connectivity index (χ0v) is 16.5. The Morgan fingerprint density at radius 2 is 1.76 bits per heavy atom. The second-order valence-electron chi connectivity index (χ2n) is 7.67. The molecule has 1 aliphatic carbocycles. The summed E-state index contributed by atoms with van der Waals surface area (Å²) in [6, 6.07) is 12.7. The zero-order chi connectivity index (χ0) is 20.4. The molecule has 0 aromatic heterocycles. The number of rotatable bonds is 4. The van der Waals surface area contributed by atoms with Gasteiger partial charge in [0.1, 0.15) is 5.75 Å². The Hall–Kier alpha value is -3.22. The predicted molar refractivity (Wildman–Crippen MR) is 113 cm³/mol. The summed E-state index contributed by atoms with van der Waals surface area (Å²) in [6.07, 6.45) is 2.07. The summed E-state index contributed by atoms with van der Waals surface area (Å²) in [5, 5.41) is 15.9. The Morgan fingerprint density at radius 1 is 1.03 bits per heavy atom. The first kappa shape index (κ1) is 19.1. The summed E-state index contributed by atoms with van der Waals surface area (Å²) in [5.41, 5.74) is 2.91. The minimum absolute atomic E-state index is 0.0979. The van der Waals surface area contributed by atoms with Crippen LogP contribution in [0.15, 0.2) is 42.5 Å². The van der Waals surface area contributed by atoms with Crippen LogP contribution < -0.4 is 15.5 Å². The largest absolute Gasteiger partial charge is 0.506 e. The molecule has 2 fully saturated rings. The van der Waals surface area contributed by atoms with E-state index in [0.717, 1.165) is 24.1 Å². The van der Waals surface area contributed by atoms with Gasteiger partial charge in [-0.1, -0.05) is 18.2 Å². The quantitative estimate of drug-likeness (QED) is 0.744. The SMILES string of the molecule is Cc1ccc(C(=O)NC2CC2)cc1NC(=O)N1CCN(c2ccccc2O)CC1. The van der Waals surface area contributed by atoms with Gasteiger partial charge >= 0.3 is 6.03 Å². The molecule has 3 amide bonds. The predicted octanol–water partition coefficient (Wildman–Crippen LogP) is 2.95. The average molecular weight is 394 g/mol. The van der Waals surface area contributed by atoms with Crippen LogP contribution in [0.2, 0.25) is 0 Å². The lowest BCUT2D eigenvalue weighted by atomic mass is 10.1. The van der Waals surface area contributed by atoms with E-state index in [0.29, 0.717) is 43.5 Å². The fraction of sp³-hybridized carbons (Fsp3) is 0.364. The molecule has 2 aliphatic rings. The average Bonchev–Trinajstić information content (AvgIpc) is 3.54. The molecular weight excluding hydrogens is 368 g/mol. The number of urea groups is 1. The Bertz CT molecular complexity index is 918. The van der Waals surface area contributed by atoms with Crippen molar-refractivity contribution in [1.82, 2.24) is 10.2 Å². The number of aryl methyl sites for hydroxylation is 1. The van der Waals surface area contributed by atoms with Crippen molar-refractivity contribution >= 4 is 23.3 Å². The van der Waals surface area contributed by atoms with Crippen LogP contribution in [0.1, 0.15) is 28.8 Å². The van der Waals surface area contributed by atoms with Gasteiger partial charge in [0, 0.05) is 43.5 Å². The van der Waals surface area contributed by atoms with E-state index in [9.17, 15) is 14.7 Å². The second-order valence-corrected chi connectivity index (χ2v) is 7.67. The van der Waals surface area contributed by atoms with Gasteiger partial charge < -0.3 is 25.5 Å². The van der Waals surface area contributed by atoms with E-state index in [1.54, 1.807) is 29.2 Å². The first-order valence-corrected chi connectivity index (χ1v) is 10.0. The number of phenolic OH excluding ortho intramolecular Hbond substituents is 1. The summed E-state index contributed by atoms with van der Waals surface area (Å²) >= 11 is 0. The van der Waals surface area contributed by atoms with Crippen LogP contribution in [0.4, 0.5) is 16.2 Å². The van der Waals surface area contributed by atoms with Crippen molar-refractivity contribution in [3.8, 4) is 5.75 Å². The standard InChI is InChI=1S/C22H26N4O3/c1-15-6-7-16(21(28)23-17-8-9-17)14-18(15)24-22(29)26-12-10-25(11-13-26)19-4-2-3-5-20(19)27/h2-7,14,17,27H,8-13H2,1H3,(H,23,28)(H,24,29). The van der Waals surface area contributed by atoms with Crippen molar-refractivity contribution in [3.05, 3.63) is 53.6 Å². The van der Waals surface area contributed by atoms with Crippen molar-refractivity contribution in [3.63, 3.8) is 0 Å². The van der Waals surface area contributed by atoms with Gasteiger partial charge in [-0.2, -0.15) is 0 Å². The molecule has 7 heteroatoms. The normalized spacial score (nSPS) is 16.4. The summed E-state index contributed by atoms with van der Waals surface area (Å²) < 4.78 is 0. The van der Waals surface area contributed by atoms with Crippen LogP contribution in [0, 0.1) is 6.92 Å². The van der Waals surface area contributed by atoms with E-state index >= 15 is 0 Å². The number of nitrogens with one attached hydrogen (secondary N) is 2. The van der Waals surface area contributed by atoms with E-state index in [4.69, 9.17) is 0 Å². The van der Waals surface area contributed by atoms with Crippen LogP contribution >= 0.6 is 0 Å². The van der Waals surface area contributed by atoms with E-state index < -0.39 is 0 Å². The Balaban J connectivity index is 1.37. The monoisotopic (exact) mass is 394 g/mol. The third-order valence-electron chi connectivity index (χ3n) is 5.44. The minimum atomic E-state index is -0.176. The Kier molecular flexibility index (Phi) is 5.29. The fourth-order valence-corrected chi connectivity index (χ4v) is 3.47. The lowest BCUT2D eigenvalue weighted by molar-refractivity contribution is 0.0951.